The van der Waals surface area contributed by atoms with Gasteiger partial charge in [0.2, 0.25) is 0 Å². The van der Waals surface area contributed by atoms with E-state index in [0.717, 1.165) is 11.3 Å². The largest absolute Gasteiger partial charge is 0.324 e. The second-order valence-electron chi connectivity index (χ2n) is 4.62. The van der Waals surface area contributed by atoms with Crippen LogP contribution in [-0.2, 0) is 0 Å². The molecule has 0 aliphatic carbocycles. The minimum absolute atomic E-state index is 0.0205. The molecule has 3 heteroatoms. The molecule has 0 fully saturated rings. The number of allylic oxidation sites excluding steroid dienone is 1. The third-order valence-corrected chi connectivity index (χ3v) is 3.14. The summed E-state index contributed by atoms with van der Waals surface area (Å²) in [5.74, 6) is -0.0205. The number of hydrogen-bond acceptors (Lipinski definition) is 2. The quantitative estimate of drug-likeness (QED) is 0.536. The predicted octanol–water partition coefficient (Wildman–Crippen LogP) is 3.77. The van der Waals surface area contributed by atoms with Crippen LogP contribution in [0.2, 0.25) is 0 Å². The zero-order valence-electron chi connectivity index (χ0n) is 11.4. The average Bonchev–Trinajstić information content (AvgIpc) is 3.08. The van der Waals surface area contributed by atoms with Crippen LogP contribution in [0.5, 0.6) is 0 Å². The molecule has 0 amide bonds. The molecule has 0 saturated carbocycles. The molecule has 21 heavy (non-hydrogen) atoms. The molecule has 0 aliphatic rings. The van der Waals surface area contributed by atoms with Gasteiger partial charge in [0.25, 0.3) is 0 Å². The Balaban J connectivity index is 1.82. The number of nitrogens with zero attached hydrogens (tertiary/aromatic N) is 2. The summed E-state index contributed by atoms with van der Waals surface area (Å²) in [5, 5.41) is 0. The number of rotatable bonds is 4. The number of carbonyl (C=O) groups is 1. The van der Waals surface area contributed by atoms with E-state index in [-0.39, 0.29) is 5.78 Å². The van der Waals surface area contributed by atoms with Crippen LogP contribution < -0.4 is 0 Å². The zero-order valence-corrected chi connectivity index (χ0v) is 11.4. The summed E-state index contributed by atoms with van der Waals surface area (Å²) in [5.41, 5.74) is 2.55. The van der Waals surface area contributed by atoms with Gasteiger partial charge < -0.3 is 4.57 Å². The van der Waals surface area contributed by atoms with Crippen LogP contribution in [0, 0.1) is 0 Å². The Hall–Kier alpha value is -2.94. The van der Waals surface area contributed by atoms with Crippen molar-refractivity contribution in [2.24, 2.45) is 0 Å². The minimum Gasteiger partial charge on any atom is -0.324 e. The molecule has 0 saturated heterocycles. The third kappa shape index (κ3) is 3.15. The molecule has 3 nitrogen and oxygen atoms in total. The first-order valence-electron chi connectivity index (χ1n) is 6.69. The molecule has 102 valence electrons. The lowest BCUT2D eigenvalue weighted by Gasteiger charge is -2.04. The van der Waals surface area contributed by atoms with Gasteiger partial charge in [-0.15, -0.1) is 0 Å². The van der Waals surface area contributed by atoms with Crippen molar-refractivity contribution < 1.29 is 4.79 Å². The Bertz CT molecular complexity index is 759. The molecule has 0 aliphatic heterocycles. The SMILES string of the molecule is O=C(/C=C/c1cccnc1)c1cccc(-n2cccc2)c1. The van der Waals surface area contributed by atoms with E-state index in [2.05, 4.69) is 4.98 Å². The molecule has 1 aromatic carbocycles. The Morgan fingerprint density at radius 1 is 1.05 bits per heavy atom. The van der Waals surface area contributed by atoms with Gasteiger partial charge in [0.15, 0.2) is 5.78 Å². The monoisotopic (exact) mass is 274 g/mol. The Kier molecular flexibility index (Phi) is 3.74. The highest BCUT2D eigenvalue weighted by atomic mass is 16.1. The average molecular weight is 274 g/mol. The summed E-state index contributed by atoms with van der Waals surface area (Å²) < 4.78 is 1.97. The maximum absolute atomic E-state index is 12.2. The predicted molar refractivity (Wildman–Crippen MR) is 83.4 cm³/mol. The van der Waals surface area contributed by atoms with Crippen molar-refractivity contribution in [1.29, 1.82) is 0 Å². The molecule has 0 radical (unpaired) electrons. The van der Waals surface area contributed by atoms with E-state index in [1.807, 2.05) is 65.5 Å². The molecule has 3 rings (SSSR count). The van der Waals surface area contributed by atoms with Crippen LogP contribution in [-0.4, -0.2) is 15.3 Å². The van der Waals surface area contributed by atoms with E-state index in [1.165, 1.54) is 0 Å². The van der Waals surface area contributed by atoms with Gasteiger partial charge in [-0.25, -0.2) is 0 Å². The molecule has 0 unspecified atom stereocenters. The van der Waals surface area contributed by atoms with Gasteiger partial charge in [-0.2, -0.15) is 0 Å². The third-order valence-electron chi connectivity index (χ3n) is 3.14. The molecule has 0 atom stereocenters. The van der Waals surface area contributed by atoms with E-state index in [9.17, 15) is 4.79 Å². The first kappa shape index (κ1) is 13.1. The van der Waals surface area contributed by atoms with Gasteiger partial charge in [-0.1, -0.05) is 18.2 Å². The van der Waals surface area contributed by atoms with E-state index in [4.69, 9.17) is 0 Å². The van der Waals surface area contributed by atoms with Crippen molar-refractivity contribution >= 4 is 11.9 Å². The highest BCUT2D eigenvalue weighted by molar-refractivity contribution is 6.07. The first-order chi connectivity index (χ1) is 10.3. The topological polar surface area (TPSA) is 34.9 Å². The molecular weight excluding hydrogens is 260 g/mol. The molecule has 0 N–H and O–H groups in total. The maximum atomic E-state index is 12.2. The van der Waals surface area contributed by atoms with Gasteiger partial charge in [-0.3, -0.25) is 9.78 Å². The lowest BCUT2D eigenvalue weighted by atomic mass is 10.1. The van der Waals surface area contributed by atoms with Gasteiger partial charge in [0, 0.05) is 36.0 Å². The number of carbonyl (C=O) groups excluding carboxylic acids is 1. The van der Waals surface area contributed by atoms with Crippen LogP contribution >= 0.6 is 0 Å². The van der Waals surface area contributed by atoms with Crippen molar-refractivity contribution in [1.82, 2.24) is 9.55 Å². The molecular formula is C18H14N2O. The number of ketones is 1. The van der Waals surface area contributed by atoms with Crippen molar-refractivity contribution in [3.63, 3.8) is 0 Å². The van der Waals surface area contributed by atoms with Crippen LogP contribution in [0.3, 0.4) is 0 Å². The van der Waals surface area contributed by atoms with Crippen LogP contribution in [0.15, 0.2) is 79.4 Å². The van der Waals surface area contributed by atoms with Crippen molar-refractivity contribution in [2.45, 2.75) is 0 Å². The van der Waals surface area contributed by atoms with Gasteiger partial charge in [-0.05, 0) is 48.0 Å². The van der Waals surface area contributed by atoms with Crippen LogP contribution in [0.1, 0.15) is 15.9 Å². The number of aromatic nitrogens is 2. The summed E-state index contributed by atoms with van der Waals surface area (Å²) in [6, 6.07) is 15.2. The van der Waals surface area contributed by atoms with Gasteiger partial charge >= 0.3 is 0 Å². The minimum atomic E-state index is -0.0205. The summed E-state index contributed by atoms with van der Waals surface area (Å²) >= 11 is 0. The summed E-state index contributed by atoms with van der Waals surface area (Å²) in [7, 11) is 0. The molecule has 2 heterocycles. The van der Waals surface area contributed by atoms with Crippen molar-refractivity contribution in [3.05, 3.63) is 90.5 Å². The van der Waals surface area contributed by atoms with Gasteiger partial charge in [0.1, 0.15) is 0 Å². The van der Waals surface area contributed by atoms with E-state index in [1.54, 1.807) is 24.5 Å². The van der Waals surface area contributed by atoms with Gasteiger partial charge in [0.05, 0.1) is 0 Å². The Morgan fingerprint density at radius 3 is 2.67 bits per heavy atom. The fourth-order valence-electron chi connectivity index (χ4n) is 2.07. The van der Waals surface area contributed by atoms with Crippen molar-refractivity contribution in [2.75, 3.05) is 0 Å². The van der Waals surface area contributed by atoms with Crippen LogP contribution in [0.25, 0.3) is 11.8 Å². The fraction of sp³-hybridized carbons (Fsp3) is 0. The number of hydrogen-bond donors (Lipinski definition) is 0. The Labute approximate surface area is 123 Å². The summed E-state index contributed by atoms with van der Waals surface area (Å²) in [4.78, 5) is 16.2. The fourth-order valence-corrected chi connectivity index (χ4v) is 2.07. The number of pyridine rings is 1. The second kappa shape index (κ2) is 6.01. The summed E-state index contributed by atoms with van der Waals surface area (Å²) in [6.45, 7) is 0. The molecule has 2 aromatic heterocycles. The highest BCUT2D eigenvalue weighted by Gasteiger charge is 2.03. The van der Waals surface area contributed by atoms with Crippen molar-refractivity contribution in [3.8, 4) is 5.69 Å². The zero-order chi connectivity index (χ0) is 14.5. The first-order valence-corrected chi connectivity index (χ1v) is 6.69. The summed E-state index contributed by atoms with van der Waals surface area (Å²) in [6.07, 6.45) is 10.7. The van der Waals surface area contributed by atoms with Crippen LogP contribution in [0.4, 0.5) is 0 Å². The van der Waals surface area contributed by atoms with E-state index < -0.39 is 0 Å². The standard InChI is InChI=1S/C18H14N2O/c21-18(9-8-15-5-4-10-19-14-15)16-6-3-7-17(13-16)20-11-1-2-12-20/h1-14H/b9-8+. The molecule has 3 aromatic rings. The Morgan fingerprint density at radius 2 is 1.90 bits per heavy atom. The highest BCUT2D eigenvalue weighted by Crippen LogP contribution is 2.12. The lowest BCUT2D eigenvalue weighted by Crippen LogP contribution is -1.97. The molecule has 0 spiro atoms. The van der Waals surface area contributed by atoms with E-state index >= 15 is 0 Å². The second-order valence-corrected chi connectivity index (χ2v) is 4.62. The smallest absolute Gasteiger partial charge is 0.185 e. The lowest BCUT2D eigenvalue weighted by molar-refractivity contribution is 0.104. The molecule has 0 bridgehead atoms. The van der Waals surface area contributed by atoms with E-state index in [0.29, 0.717) is 5.56 Å². The maximum Gasteiger partial charge on any atom is 0.185 e. The number of benzene rings is 1. The normalized spacial score (nSPS) is 10.9.